The zero-order valence-corrected chi connectivity index (χ0v) is 16.1. The Labute approximate surface area is 163 Å². The molecule has 0 saturated heterocycles. The second-order valence-corrected chi connectivity index (χ2v) is 6.88. The Balaban J connectivity index is 1.85. The number of fused-ring (bicyclic) bond motifs is 2. The molecule has 0 aliphatic carbocycles. The fraction of sp³-hybridized carbons (Fsp3) is 0.318. The smallest absolute Gasteiger partial charge is 0.290 e. The van der Waals surface area contributed by atoms with Crippen LogP contribution in [0.5, 0.6) is 0 Å². The van der Waals surface area contributed by atoms with Crippen molar-refractivity contribution in [3.05, 3.63) is 75.9 Å². The lowest BCUT2D eigenvalue weighted by Crippen LogP contribution is -2.37. The van der Waals surface area contributed by atoms with Gasteiger partial charge in [-0.1, -0.05) is 32.0 Å². The molecule has 1 aromatic carbocycles. The molecule has 3 aromatic rings. The van der Waals surface area contributed by atoms with Gasteiger partial charge in [0.25, 0.3) is 5.91 Å². The summed E-state index contributed by atoms with van der Waals surface area (Å²) in [4.78, 5) is 34.7. The normalized spacial score (nSPS) is 16.2. The second-order valence-electron chi connectivity index (χ2n) is 6.88. The lowest BCUT2D eigenvalue weighted by molar-refractivity contribution is 0.0708. The Bertz CT molecular complexity index is 1060. The summed E-state index contributed by atoms with van der Waals surface area (Å²) in [5.74, 6) is -0.0871. The molecule has 0 fully saturated rings. The molecule has 0 N–H and O–H groups in total. The highest BCUT2D eigenvalue weighted by Crippen LogP contribution is 2.37. The van der Waals surface area contributed by atoms with Crippen LogP contribution in [0, 0.1) is 0 Å². The van der Waals surface area contributed by atoms with Crippen LogP contribution in [-0.4, -0.2) is 46.9 Å². The summed E-state index contributed by atoms with van der Waals surface area (Å²) in [6.45, 7) is 7.26. The fourth-order valence-electron chi connectivity index (χ4n) is 3.87. The Morgan fingerprint density at radius 3 is 2.61 bits per heavy atom. The molecule has 6 heteroatoms. The summed E-state index contributed by atoms with van der Waals surface area (Å²) in [5, 5.41) is 0.494. The van der Waals surface area contributed by atoms with E-state index in [0.29, 0.717) is 23.1 Å². The minimum atomic E-state index is -0.479. The van der Waals surface area contributed by atoms with Crippen LogP contribution < -0.4 is 5.43 Å². The van der Waals surface area contributed by atoms with Crippen LogP contribution in [0.4, 0.5) is 0 Å². The molecule has 1 amide bonds. The maximum Gasteiger partial charge on any atom is 0.290 e. The molecule has 1 atom stereocenters. The number of para-hydroxylation sites is 1. The number of carbonyl (C=O) groups is 1. The number of rotatable bonds is 6. The van der Waals surface area contributed by atoms with Crippen LogP contribution in [-0.2, 0) is 0 Å². The summed E-state index contributed by atoms with van der Waals surface area (Å²) < 4.78 is 5.91. The molecule has 1 aliphatic rings. The SMILES string of the molecule is CCN(CC)CCN1C(=O)c2oc3ccccc3c(=O)c2[C@H]1c1cccnc1. The third-order valence-corrected chi connectivity index (χ3v) is 5.42. The van der Waals surface area contributed by atoms with E-state index in [4.69, 9.17) is 4.42 Å². The van der Waals surface area contributed by atoms with Crippen molar-refractivity contribution in [2.24, 2.45) is 0 Å². The van der Waals surface area contributed by atoms with Gasteiger partial charge in [-0.2, -0.15) is 0 Å². The molecule has 0 unspecified atom stereocenters. The van der Waals surface area contributed by atoms with Crippen LogP contribution >= 0.6 is 0 Å². The molecular formula is C22H23N3O3. The van der Waals surface area contributed by atoms with Crippen LogP contribution in [0.2, 0.25) is 0 Å². The van der Waals surface area contributed by atoms with Gasteiger partial charge in [0.1, 0.15) is 5.58 Å². The Hall–Kier alpha value is -2.99. The third-order valence-electron chi connectivity index (χ3n) is 5.42. The van der Waals surface area contributed by atoms with Crippen molar-refractivity contribution in [1.82, 2.24) is 14.8 Å². The number of pyridine rings is 1. The zero-order valence-electron chi connectivity index (χ0n) is 16.1. The van der Waals surface area contributed by atoms with E-state index in [1.54, 1.807) is 41.6 Å². The van der Waals surface area contributed by atoms with Crippen LogP contribution in [0.15, 0.2) is 58.0 Å². The number of likely N-dealkylation sites (N-methyl/N-ethyl adjacent to an activating group) is 1. The first-order valence-corrected chi connectivity index (χ1v) is 9.64. The molecule has 3 heterocycles. The van der Waals surface area contributed by atoms with Crippen LogP contribution in [0.25, 0.3) is 11.0 Å². The van der Waals surface area contributed by atoms with Gasteiger partial charge in [0.2, 0.25) is 5.76 Å². The van der Waals surface area contributed by atoms with Crippen molar-refractivity contribution in [2.75, 3.05) is 26.2 Å². The average molecular weight is 377 g/mol. The van der Waals surface area contributed by atoms with Crippen molar-refractivity contribution < 1.29 is 9.21 Å². The first-order chi connectivity index (χ1) is 13.7. The second kappa shape index (κ2) is 7.56. The molecule has 0 radical (unpaired) electrons. The largest absolute Gasteiger partial charge is 0.450 e. The Morgan fingerprint density at radius 1 is 1.11 bits per heavy atom. The van der Waals surface area contributed by atoms with Crippen molar-refractivity contribution in [1.29, 1.82) is 0 Å². The van der Waals surface area contributed by atoms with E-state index in [-0.39, 0.29) is 17.1 Å². The van der Waals surface area contributed by atoms with Gasteiger partial charge in [-0.05, 0) is 36.9 Å². The molecule has 2 aromatic heterocycles. The topological polar surface area (TPSA) is 66.7 Å². The van der Waals surface area contributed by atoms with E-state index >= 15 is 0 Å². The maximum atomic E-state index is 13.3. The summed E-state index contributed by atoms with van der Waals surface area (Å²) in [5.41, 5.74) is 1.52. The maximum absolute atomic E-state index is 13.3. The number of nitrogens with zero attached hydrogens (tertiary/aromatic N) is 3. The van der Waals surface area contributed by atoms with E-state index in [0.717, 1.165) is 25.2 Å². The van der Waals surface area contributed by atoms with Gasteiger partial charge >= 0.3 is 0 Å². The van der Waals surface area contributed by atoms with Gasteiger partial charge in [0.05, 0.1) is 17.0 Å². The van der Waals surface area contributed by atoms with Gasteiger partial charge < -0.3 is 14.2 Å². The van der Waals surface area contributed by atoms with Crippen LogP contribution in [0.1, 0.15) is 41.6 Å². The van der Waals surface area contributed by atoms with Crippen molar-refractivity contribution >= 4 is 16.9 Å². The number of carbonyl (C=O) groups excluding carboxylic acids is 1. The first-order valence-electron chi connectivity index (χ1n) is 9.64. The van der Waals surface area contributed by atoms with Gasteiger partial charge in [-0.15, -0.1) is 0 Å². The van der Waals surface area contributed by atoms with E-state index in [1.807, 2.05) is 12.1 Å². The fourth-order valence-corrected chi connectivity index (χ4v) is 3.87. The van der Waals surface area contributed by atoms with Crippen molar-refractivity contribution in [3.8, 4) is 0 Å². The highest BCUT2D eigenvalue weighted by atomic mass is 16.3. The third kappa shape index (κ3) is 2.99. The highest BCUT2D eigenvalue weighted by Gasteiger charge is 2.42. The number of aromatic nitrogens is 1. The Morgan fingerprint density at radius 2 is 1.89 bits per heavy atom. The molecular weight excluding hydrogens is 354 g/mol. The van der Waals surface area contributed by atoms with Crippen LogP contribution in [0.3, 0.4) is 0 Å². The standard InChI is InChI=1S/C22H23N3O3/c1-3-24(4-2)12-13-25-19(15-8-7-11-23-14-15)18-20(26)16-9-5-6-10-17(16)28-21(18)22(25)27/h5-11,14,19H,3-4,12-13H2,1-2H3/t19-/m1/s1. The quantitative estimate of drug-likeness (QED) is 0.660. The van der Waals surface area contributed by atoms with E-state index < -0.39 is 6.04 Å². The van der Waals surface area contributed by atoms with E-state index in [9.17, 15) is 9.59 Å². The lowest BCUT2D eigenvalue weighted by Gasteiger charge is -2.27. The molecule has 144 valence electrons. The first kappa shape index (κ1) is 18.4. The van der Waals surface area contributed by atoms with Gasteiger partial charge in [0.15, 0.2) is 5.43 Å². The number of hydrogen-bond acceptors (Lipinski definition) is 5. The number of amides is 1. The summed E-state index contributed by atoms with van der Waals surface area (Å²) in [6.07, 6.45) is 3.40. The molecule has 1 aliphatic heterocycles. The number of benzene rings is 1. The van der Waals surface area contributed by atoms with Crippen molar-refractivity contribution in [2.45, 2.75) is 19.9 Å². The predicted octanol–water partition coefficient (Wildman–Crippen LogP) is 3.08. The molecule has 0 saturated carbocycles. The molecule has 4 rings (SSSR count). The lowest BCUT2D eigenvalue weighted by atomic mass is 10.00. The minimum absolute atomic E-state index is 0.149. The average Bonchev–Trinajstić information content (AvgIpc) is 3.02. The summed E-state index contributed by atoms with van der Waals surface area (Å²) in [6, 6.07) is 10.3. The Kier molecular flexibility index (Phi) is 4.96. The summed E-state index contributed by atoms with van der Waals surface area (Å²) >= 11 is 0. The number of hydrogen-bond donors (Lipinski definition) is 0. The summed E-state index contributed by atoms with van der Waals surface area (Å²) in [7, 11) is 0. The monoisotopic (exact) mass is 377 g/mol. The molecule has 0 spiro atoms. The minimum Gasteiger partial charge on any atom is -0.450 e. The van der Waals surface area contributed by atoms with E-state index in [2.05, 4.69) is 23.7 Å². The highest BCUT2D eigenvalue weighted by molar-refractivity contribution is 5.99. The molecule has 0 bridgehead atoms. The molecule has 6 nitrogen and oxygen atoms in total. The molecule has 28 heavy (non-hydrogen) atoms. The van der Waals surface area contributed by atoms with Crippen molar-refractivity contribution in [3.63, 3.8) is 0 Å². The van der Waals surface area contributed by atoms with Gasteiger partial charge in [-0.25, -0.2) is 0 Å². The predicted molar refractivity (Wildman–Crippen MR) is 107 cm³/mol. The zero-order chi connectivity index (χ0) is 19.7. The van der Waals surface area contributed by atoms with E-state index in [1.165, 1.54) is 0 Å². The van der Waals surface area contributed by atoms with Gasteiger partial charge in [-0.3, -0.25) is 14.6 Å². The van der Waals surface area contributed by atoms with Gasteiger partial charge in [0, 0.05) is 25.5 Å².